The molecule has 0 saturated heterocycles. The van der Waals surface area contributed by atoms with Gasteiger partial charge in [0.25, 0.3) is 0 Å². The fourth-order valence-corrected chi connectivity index (χ4v) is 2.59. The maximum Gasteiger partial charge on any atom is 0.234 e. The van der Waals surface area contributed by atoms with Crippen LogP contribution in [0.1, 0.15) is 38.5 Å². The third kappa shape index (κ3) is 1.82. The summed E-state index contributed by atoms with van der Waals surface area (Å²) in [5.41, 5.74) is -0.106. The fourth-order valence-electron chi connectivity index (χ4n) is 1.65. The highest BCUT2D eigenvalue weighted by Gasteiger charge is 2.25. The summed E-state index contributed by atoms with van der Waals surface area (Å²) in [6.07, 6.45) is 0.853. The largest absolute Gasteiger partial charge is 0.306 e. The molecule has 2 rings (SSSR count). The van der Waals surface area contributed by atoms with E-state index in [0.717, 1.165) is 28.8 Å². The molecule has 0 bridgehead atoms. The van der Waals surface area contributed by atoms with Gasteiger partial charge in [0.15, 0.2) is 5.82 Å². The molecule has 0 amide bonds. The Balaban J connectivity index is 2.43. The highest BCUT2D eigenvalue weighted by Crippen LogP contribution is 2.25. The molecule has 16 heavy (non-hydrogen) atoms. The summed E-state index contributed by atoms with van der Waals surface area (Å²) in [4.78, 5) is 0.873. The molecule has 0 unspecified atom stereocenters. The van der Waals surface area contributed by atoms with Gasteiger partial charge in [-0.1, -0.05) is 25.2 Å². The van der Waals surface area contributed by atoms with E-state index in [0.29, 0.717) is 0 Å². The quantitative estimate of drug-likeness (QED) is 0.880. The summed E-state index contributed by atoms with van der Waals surface area (Å²) >= 11 is 1.60. The number of nitrogens with one attached hydrogen (secondary N) is 1. The first-order chi connectivity index (χ1) is 7.58. The van der Waals surface area contributed by atoms with Crippen molar-refractivity contribution < 1.29 is 0 Å². The monoisotopic (exact) mass is 239 g/mol. The normalized spacial score (nSPS) is 12.5. The van der Waals surface area contributed by atoms with Crippen molar-refractivity contribution in [3.63, 3.8) is 0 Å². The van der Waals surface area contributed by atoms with Gasteiger partial charge in [-0.3, -0.25) is 0 Å². The predicted molar refractivity (Wildman–Crippen MR) is 64.7 cm³/mol. The Labute approximate surface area is 98.9 Å². The lowest BCUT2D eigenvalue weighted by Crippen LogP contribution is -2.36. The molecule has 88 valence electrons. The number of fused-ring (bicyclic) bond motifs is 1. The van der Waals surface area contributed by atoms with Crippen LogP contribution in [0.5, 0.6) is 0 Å². The number of hydrogen-bond acceptors (Lipinski definition) is 5. The third-order valence-corrected chi connectivity index (χ3v) is 3.75. The minimum atomic E-state index is -0.106. The Kier molecular flexibility index (Phi) is 2.94. The zero-order valence-electron chi connectivity index (χ0n) is 10.1. The molecule has 0 aliphatic carbocycles. The van der Waals surface area contributed by atoms with Crippen LogP contribution in [0.25, 0.3) is 4.96 Å². The molecule has 5 nitrogen and oxygen atoms in total. The van der Waals surface area contributed by atoms with E-state index in [1.54, 1.807) is 11.3 Å². The molecule has 0 atom stereocenters. The number of aryl methyl sites for hydroxylation is 1. The van der Waals surface area contributed by atoms with Gasteiger partial charge < -0.3 is 5.32 Å². The zero-order chi connectivity index (χ0) is 11.8. The van der Waals surface area contributed by atoms with E-state index in [1.165, 1.54) is 0 Å². The highest BCUT2D eigenvalue weighted by atomic mass is 32.1. The van der Waals surface area contributed by atoms with Crippen LogP contribution in [0.15, 0.2) is 0 Å². The molecule has 0 saturated carbocycles. The maximum atomic E-state index is 4.58. The molecule has 0 aromatic carbocycles. The van der Waals surface area contributed by atoms with Gasteiger partial charge >= 0.3 is 0 Å². The first kappa shape index (κ1) is 11.5. The maximum absolute atomic E-state index is 4.58. The number of hydrogen-bond donors (Lipinski definition) is 1. The molecular formula is C10H17N5S. The minimum absolute atomic E-state index is 0.106. The third-order valence-electron chi connectivity index (χ3n) is 2.53. The zero-order valence-corrected chi connectivity index (χ0v) is 10.9. The van der Waals surface area contributed by atoms with Crippen molar-refractivity contribution in [2.24, 2.45) is 0 Å². The van der Waals surface area contributed by atoms with Gasteiger partial charge in [0.05, 0.1) is 5.54 Å². The van der Waals surface area contributed by atoms with Crippen LogP contribution in [0.3, 0.4) is 0 Å². The van der Waals surface area contributed by atoms with Gasteiger partial charge in [0.2, 0.25) is 4.96 Å². The lowest BCUT2D eigenvalue weighted by molar-refractivity contribution is 0.409. The molecular weight excluding hydrogens is 222 g/mol. The Bertz CT molecular complexity index is 484. The lowest BCUT2D eigenvalue weighted by atomic mass is 10.1. The second-order valence-corrected chi connectivity index (χ2v) is 5.18. The van der Waals surface area contributed by atoms with Crippen LogP contribution in [0.2, 0.25) is 0 Å². The summed E-state index contributed by atoms with van der Waals surface area (Å²) in [6, 6.07) is 0. The van der Waals surface area contributed by atoms with Gasteiger partial charge in [-0.05, 0) is 20.4 Å². The first-order valence-electron chi connectivity index (χ1n) is 5.55. The molecule has 0 spiro atoms. The smallest absolute Gasteiger partial charge is 0.234 e. The predicted octanol–water partition coefficient (Wildman–Crippen LogP) is 1.59. The van der Waals surface area contributed by atoms with Crippen LogP contribution in [0, 0.1) is 0 Å². The van der Waals surface area contributed by atoms with Crippen molar-refractivity contribution in [1.82, 2.24) is 25.1 Å². The molecule has 0 aliphatic heterocycles. The summed E-state index contributed by atoms with van der Waals surface area (Å²) in [7, 11) is 0. The number of aromatic nitrogens is 4. The first-order valence-corrected chi connectivity index (χ1v) is 6.36. The fraction of sp³-hybridized carbons (Fsp3) is 0.700. The molecule has 1 N–H and O–H groups in total. The van der Waals surface area contributed by atoms with E-state index in [4.69, 9.17) is 0 Å². The molecule has 2 aromatic heterocycles. The van der Waals surface area contributed by atoms with Crippen LogP contribution in [-0.2, 0) is 12.0 Å². The Morgan fingerprint density at radius 3 is 2.69 bits per heavy atom. The van der Waals surface area contributed by atoms with E-state index in [1.807, 2.05) is 4.52 Å². The van der Waals surface area contributed by atoms with Crippen molar-refractivity contribution in [1.29, 1.82) is 0 Å². The Morgan fingerprint density at radius 2 is 2.06 bits per heavy atom. The standard InChI is InChI=1S/C10H17N5S/c1-5-7-12-13-9-15(7)14-8(16-9)10(3,4)11-6-2/h11H,5-6H2,1-4H3. The van der Waals surface area contributed by atoms with Gasteiger partial charge in [-0.15, -0.1) is 10.2 Å². The second-order valence-electron chi connectivity index (χ2n) is 4.23. The van der Waals surface area contributed by atoms with Crippen LogP contribution < -0.4 is 5.32 Å². The number of rotatable bonds is 4. The molecule has 0 radical (unpaired) electrons. The van der Waals surface area contributed by atoms with Crippen molar-refractivity contribution in [2.45, 2.75) is 39.7 Å². The van der Waals surface area contributed by atoms with Gasteiger partial charge in [0.1, 0.15) is 5.01 Å². The van der Waals surface area contributed by atoms with Gasteiger partial charge in [0, 0.05) is 6.42 Å². The summed E-state index contributed by atoms with van der Waals surface area (Å²) in [5, 5.41) is 17.3. The van der Waals surface area contributed by atoms with E-state index in [9.17, 15) is 0 Å². The van der Waals surface area contributed by atoms with Crippen molar-refractivity contribution in [2.75, 3.05) is 6.54 Å². The number of nitrogens with zero attached hydrogens (tertiary/aromatic N) is 4. The van der Waals surface area contributed by atoms with Crippen LogP contribution in [0.4, 0.5) is 0 Å². The molecule has 2 aromatic rings. The van der Waals surface area contributed by atoms with Gasteiger partial charge in [-0.25, -0.2) is 0 Å². The molecule has 2 heterocycles. The lowest BCUT2D eigenvalue weighted by Gasteiger charge is -2.21. The van der Waals surface area contributed by atoms with E-state index < -0.39 is 0 Å². The second kappa shape index (κ2) is 4.10. The topological polar surface area (TPSA) is 55.1 Å². The van der Waals surface area contributed by atoms with E-state index in [2.05, 4.69) is 48.3 Å². The Morgan fingerprint density at radius 1 is 1.31 bits per heavy atom. The van der Waals surface area contributed by atoms with Crippen molar-refractivity contribution in [3.8, 4) is 0 Å². The SMILES string of the molecule is CCNC(C)(C)c1nn2c(CC)nnc2s1. The van der Waals surface area contributed by atoms with Gasteiger partial charge in [-0.2, -0.15) is 9.61 Å². The van der Waals surface area contributed by atoms with E-state index in [-0.39, 0.29) is 5.54 Å². The highest BCUT2D eigenvalue weighted by molar-refractivity contribution is 7.16. The van der Waals surface area contributed by atoms with Crippen molar-refractivity contribution in [3.05, 3.63) is 10.8 Å². The molecule has 0 fully saturated rings. The average Bonchev–Trinajstić information content (AvgIpc) is 2.75. The van der Waals surface area contributed by atoms with Crippen molar-refractivity contribution >= 4 is 16.3 Å². The van der Waals surface area contributed by atoms with Crippen LogP contribution in [-0.4, -0.2) is 26.4 Å². The summed E-state index contributed by atoms with van der Waals surface area (Å²) in [6.45, 7) is 9.35. The molecule has 0 aliphatic rings. The molecule has 6 heteroatoms. The summed E-state index contributed by atoms with van der Waals surface area (Å²) in [5.74, 6) is 0.921. The van der Waals surface area contributed by atoms with E-state index >= 15 is 0 Å². The average molecular weight is 239 g/mol. The summed E-state index contributed by atoms with van der Waals surface area (Å²) < 4.78 is 1.85. The minimum Gasteiger partial charge on any atom is -0.306 e. The van der Waals surface area contributed by atoms with Crippen LogP contribution >= 0.6 is 11.3 Å². The Hall–Kier alpha value is -1.01.